The fraction of sp³-hybridized carbons (Fsp3) is 0.278. The highest BCUT2D eigenvalue weighted by Gasteiger charge is 2.28. The summed E-state index contributed by atoms with van der Waals surface area (Å²) in [6.07, 6.45) is 2.58. The smallest absolute Gasteiger partial charge is 0.255 e. The molecule has 0 fully saturated rings. The number of carbonyl (C=O) groups excluding carboxylic acids is 1. The van der Waals surface area contributed by atoms with E-state index in [1.165, 1.54) is 4.31 Å². The molecular weight excluding hydrogens is 356 g/mol. The molecule has 0 spiro atoms. The lowest BCUT2D eigenvalue weighted by molar-refractivity contribution is 0.102. The zero-order valence-electron chi connectivity index (χ0n) is 14.2. The fourth-order valence-electron chi connectivity index (χ4n) is 2.90. The lowest BCUT2D eigenvalue weighted by Gasteiger charge is -2.18. The number of hydrogen-bond donors (Lipinski definition) is 1. The largest absolute Gasteiger partial charge is 0.321 e. The van der Waals surface area contributed by atoms with Gasteiger partial charge in [0, 0.05) is 17.0 Å². The van der Waals surface area contributed by atoms with E-state index in [4.69, 9.17) is 0 Å². The van der Waals surface area contributed by atoms with Crippen LogP contribution in [0.3, 0.4) is 0 Å². The number of nitrogens with one attached hydrogen (secondary N) is 1. The van der Waals surface area contributed by atoms with Crippen molar-refractivity contribution in [1.82, 2.24) is 0 Å². The van der Waals surface area contributed by atoms with Crippen LogP contribution in [0.2, 0.25) is 0 Å². The Hall–Kier alpha value is -1.99. The second kappa shape index (κ2) is 7.09. The third-order valence-corrected chi connectivity index (χ3v) is 6.83. The molecule has 2 aromatic rings. The first-order chi connectivity index (χ1) is 12.0. The molecule has 25 heavy (non-hydrogen) atoms. The molecule has 1 aliphatic heterocycles. The highest BCUT2D eigenvalue weighted by atomic mass is 32.2. The van der Waals surface area contributed by atoms with E-state index in [-0.39, 0.29) is 11.7 Å². The standard InChI is InChI=1S/C18H20N2O3S2/c1-3-25(22,23)20-11-10-13-12-14(8-9-16(13)20)18(21)19-15-6-4-5-7-17(15)24-2/h4-9,12H,3,10-11H2,1-2H3,(H,19,21). The monoisotopic (exact) mass is 376 g/mol. The van der Waals surface area contributed by atoms with Crippen molar-refractivity contribution in [3.8, 4) is 0 Å². The van der Waals surface area contributed by atoms with Gasteiger partial charge in [0.2, 0.25) is 10.0 Å². The number of hydrogen-bond acceptors (Lipinski definition) is 4. The van der Waals surface area contributed by atoms with Crippen LogP contribution in [0.5, 0.6) is 0 Å². The van der Waals surface area contributed by atoms with Crippen molar-refractivity contribution >= 4 is 39.1 Å². The number of rotatable bonds is 5. The topological polar surface area (TPSA) is 66.5 Å². The summed E-state index contributed by atoms with van der Waals surface area (Å²) in [5.74, 6) is -0.124. The van der Waals surface area contributed by atoms with Crippen molar-refractivity contribution in [3.63, 3.8) is 0 Å². The number of fused-ring (bicyclic) bond motifs is 1. The Balaban J connectivity index is 1.85. The second-order valence-electron chi connectivity index (χ2n) is 5.72. The van der Waals surface area contributed by atoms with Crippen LogP contribution in [0.1, 0.15) is 22.8 Å². The zero-order valence-corrected chi connectivity index (χ0v) is 15.8. The van der Waals surface area contributed by atoms with E-state index in [2.05, 4.69) is 5.32 Å². The number of carbonyl (C=O) groups is 1. The van der Waals surface area contributed by atoms with Crippen molar-refractivity contribution in [2.75, 3.05) is 28.2 Å². The second-order valence-corrected chi connectivity index (χ2v) is 8.75. The predicted octanol–water partition coefficient (Wildman–Crippen LogP) is 3.37. The van der Waals surface area contributed by atoms with Gasteiger partial charge < -0.3 is 5.32 Å². The first-order valence-electron chi connectivity index (χ1n) is 8.04. The molecule has 5 nitrogen and oxygen atoms in total. The molecule has 0 unspecified atom stereocenters. The number of para-hydroxylation sites is 1. The van der Waals surface area contributed by atoms with Gasteiger partial charge in [-0.2, -0.15) is 0 Å². The number of sulfonamides is 1. The average Bonchev–Trinajstić information content (AvgIpc) is 3.06. The summed E-state index contributed by atoms with van der Waals surface area (Å²) >= 11 is 1.57. The van der Waals surface area contributed by atoms with Gasteiger partial charge in [-0.25, -0.2) is 8.42 Å². The summed E-state index contributed by atoms with van der Waals surface area (Å²) in [7, 11) is -3.27. The zero-order chi connectivity index (χ0) is 18.0. The van der Waals surface area contributed by atoms with E-state index in [9.17, 15) is 13.2 Å². The SMILES string of the molecule is CCS(=O)(=O)N1CCc2cc(C(=O)Nc3ccccc3SC)ccc21. The Labute approximate surface area is 152 Å². The van der Waals surface area contributed by atoms with Crippen molar-refractivity contribution in [2.45, 2.75) is 18.2 Å². The van der Waals surface area contributed by atoms with E-state index in [1.807, 2.05) is 30.5 Å². The van der Waals surface area contributed by atoms with Crippen molar-refractivity contribution in [2.24, 2.45) is 0 Å². The van der Waals surface area contributed by atoms with Crippen LogP contribution in [0.15, 0.2) is 47.4 Å². The molecule has 1 heterocycles. The van der Waals surface area contributed by atoms with E-state index in [1.54, 1.807) is 36.9 Å². The van der Waals surface area contributed by atoms with Crippen LogP contribution in [0.25, 0.3) is 0 Å². The van der Waals surface area contributed by atoms with E-state index >= 15 is 0 Å². The van der Waals surface area contributed by atoms with Crippen LogP contribution >= 0.6 is 11.8 Å². The van der Waals surface area contributed by atoms with Crippen molar-refractivity contribution < 1.29 is 13.2 Å². The third kappa shape index (κ3) is 3.52. The van der Waals surface area contributed by atoms with E-state index < -0.39 is 10.0 Å². The minimum atomic E-state index is -3.27. The Morgan fingerprint density at radius 2 is 2.00 bits per heavy atom. The van der Waals surface area contributed by atoms with Crippen LogP contribution in [-0.4, -0.2) is 32.9 Å². The Bertz CT molecular complexity index is 910. The Morgan fingerprint density at radius 1 is 1.24 bits per heavy atom. The number of thioether (sulfide) groups is 1. The fourth-order valence-corrected chi connectivity index (χ4v) is 4.61. The Kier molecular flexibility index (Phi) is 5.06. The molecule has 0 saturated heterocycles. The molecule has 1 aliphatic rings. The number of amides is 1. The van der Waals surface area contributed by atoms with Gasteiger partial charge in [-0.1, -0.05) is 12.1 Å². The molecule has 7 heteroatoms. The van der Waals surface area contributed by atoms with Crippen LogP contribution in [-0.2, 0) is 16.4 Å². The van der Waals surface area contributed by atoms with Gasteiger partial charge in [-0.15, -0.1) is 11.8 Å². The summed E-state index contributed by atoms with van der Waals surface area (Å²) in [5, 5.41) is 2.93. The number of anilines is 2. The van der Waals surface area contributed by atoms with Crippen molar-refractivity contribution in [1.29, 1.82) is 0 Å². The van der Waals surface area contributed by atoms with Crippen molar-refractivity contribution in [3.05, 3.63) is 53.6 Å². The molecule has 0 atom stereocenters. The predicted molar refractivity (Wildman–Crippen MR) is 103 cm³/mol. The minimum absolute atomic E-state index is 0.0696. The van der Waals surface area contributed by atoms with Crippen LogP contribution < -0.4 is 9.62 Å². The molecule has 3 rings (SSSR count). The highest BCUT2D eigenvalue weighted by Crippen LogP contribution is 2.32. The molecule has 0 bridgehead atoms. The molecular formula is C18H20N2O3S2. The molecule has 0 radical (unpaired) electrons. The molecule has 1 amide bonds. The molecule has 1 N–H and O–H groups in total. The summed E-state index contributed by atoms with van der Waals surface area (Å²) < 4.78 is 25.7. The quantitative estimate of drug-likeness (QED) is 0.813. The van der Waals surface area contributed by atoms with Gasteiger partial charge in [-0.3, -0.25) is 9.10 Å². The maximum atomic E-state index is 12.6. The van der Waals surface area contributed by atoms with Gasteiger partial charge in [0.1, 0.15) is 0 Å². The maximum absolute atomic E-state index is 12.6. The normalized spacial score (nSPS) is 13.6. The highest BCUT2D eigenvalue weighted by molar-refractivity contribution is 7.98. The molecule has 132 valence electrons. The Morgan fingerprint density at radius 3 is 2.72 bits per heavy atom. The molecule has 0 aliphatic carbocycles. The van der Waals surface area contributed by atoms with Gasteiger partial charge >= 0.3 is 0 Å². The van der Waals surface area contributed by atoms with Gasteiger partial charge in [-0.05, 0) is 55.5 Å². The number of nitrogens with zero attached hydrogens (tertiary/aromatic N) is 1. The van der Waals surface area contributed by atoms with E-state index in [0.29, 0.717) is 24.2 Å². The maximum Gasteiger partial charge on any atom is 0.255 e. The average molecular weight is 377 g/mol. The molecule has 2 aromatic carbocycles. The van der Waals surface area contributed by atoms with Crippen LogP contribution in [0, 0.1) is 0 Å². The van der Waals surface area contributed by atoms with Gasteiger partial charge in [0.15, 0.2) is 0 Å². The first-order valence-corrected chi connectivity index (χ1v) is 10.9. The van der Waals surface area contributed by atoms with Gasteiger partial charge in [0.05, 0.1) is 17.1 Å². The molecule has 0 aromatic heterocycles. The summed E-state index contributed by atoms with van der Waals surface area (Å²) in [6, 6.07) is 12.8. The first kappa shape index (κ1) is 17.8. The minimum Gasteiger partial charge on any atom is -0.321 e. The summed E-state index contributed by atoms with van der Waals surface area (Å²) in [6.45, 7) is 2.07. The van der Waals surface area contributed by atoms with Gasteiger partial charge in [0.25, 0.3) is 5.91 Å². The van der Waals surface area contributed by atoms with Crippen LogP contribution in [0.4, 0.5) is 11.4 Å². The lowest BCUT2D eigenvalue weighted by atomic mass is 10.1. The van der Waals surface area contributed by atoms with E-state index in [0.717, 1.165) is 16.1 Å². The number of benzene rings is 2. The molecule has 0 saturated carbocycles. The summed E-state index contributed by atoms with van der Waals surface area (Å²) in [5.41, 5.74) is 2.88. The third-order valence-electron chi connectivity index (χ3n) is 4.25. The lowest BCUT2D eigenvalue weighted by Crippen LogP contribution is -2.30. The summed E-state index contributed by atoms with van der Waals surface area (Å²) in [4.78, 5) is 13.6.